The van der Waals surface area contributed by atoms with Gasteiger partial charge in [-0.05, 0) is 55.4 Å². The lowest BCUT2D eigenvalue weighted by atomic mass is 9.97. The molecule has 7 nitrogen and oxygen atoms in total. The first-order chi connectivity index (χ1) is 14.2. The van der Waals surface area contributed by atoms with Crippen LogP contribution in [-0.2, 0) is 6.54 Å². The van der Waals surface area contributed by atoms with Crippen molar-refractivity contribution in [1.29, 1.82) is 0 Å². The van der Waals surface area contributed by atoms with Gasteiger partial charge < -0.3 is 14.9 Å². The van der Waals surface area contributed by atoms with Gasteiger partial charge in [0.25, 0.3) is 5.56 Å². The largest absolute Gasteiger partial charge is 0.440 e. The Bertz CT molecular complexity index is 1040. The lowest BCUT2D eigenvalue weighted by molar-refractivity contribution is 0.154. The van der Waals surface area contributed by atoms with Crippen LogP contribution in [0.2, 0.25) is 0 Å². The minimum atomic E-state index is -0.544. The monoisotopic (exact) mass is 414 g/mol. The van der Waals surface area contributed by atoms with E-state index in [0.717, 1.165) is 16.7 Å². The number of H-pyrrole nitrogens is 1. The number of rotatable bonds is 7. The van der Waals surface area contributed by atoms with Crippen LogP contribution >= 0.6 is 0 Å². The third-order valence-electron chi connectivity index (χ3n) is 5.56. The predicted octanol–water partition coefficient (Wildman–Crippen LogP) is 2.62. The molecule has 0 bridgehead atoms. The molecule has 2 unspecified atom stereocenters. The van der Waals surface area contributed by atoms with Gasteiger partial charge >= 0.3 is 5.69 Å². The Kier molecular flexibility index (Phi) is 6.63. The van der Waals surface area contributed by atoms with Gasteiger partial charge in [0.05, 0.1) is 12.1 Å². The van der Waals surface area contributed by atoms with Gasteiger partial charge in [0.1, 0.15) is 5.75 Å². The molecule has 0 saturated carbocycles. The average molecular weight is 415 g/mol. The Balaban J connectivity index is 2.09. The zero-order valence-electron chi connectivity index (χ0n) is 17.9. The molecule has 1 aromatic carbocycles. The Morgan fingerprint density at radius 1 is 1.13 bits per heavy atom. The zero-order chi connectivity index (χ0) is 22.0. The number of nitrogens with one attached hydrogen (secondary N) is 1. The average Bonchev–Trinajstić information content (AvgIpc) is 3.05. The highest BCUT2D eigenvalue weighted by molar-refractivity contribution is 5.38. The highest BCUT2D eigenvalue weighted by Crippen LogP contribution is 2.33. The third-order valence-corrected chi connectivity index (χ3v) is 5.56. The molecule has 3 rings (SSSR count). The van der Waals surface area contributed by atoms with Crippen LogP contribution in [0.3, 0.4) is 0 Å². The van der Waals surface area contributed by atoms with E-state index >= 15 is 0 Å². The summed E-state index contributed by atoms with van der Waals surface area (Å²) in [5, 5.41) is 19.1. The summed E-state index contributed by atoms with van der Waals surface area (Å²) in [6.07, 6.45) is 2.49. The van der Waals surface area contributed by atoms with Crippen molar-refractivity contribution in [3.8, 4) is 11.6 Å². The van der Waals surface area contributed by atoms with E-state index in [-0.39, 0.29) is 43.4 Å². The molecule has 0 saturated heterocycles. The summed E-state index contributed by atoms with van der Waals surface area (Å²) in [6.45, 7) is 7.82. The molecule has 0 fully saturated rings. The number of ether oxygens (including phenoxy) is 1. The Labute approximate surface area is 175 Å². The van der Waals surface area contributed by atoms with Crippen molar-refractivity contribution in [1.82, 2.24) is 9.55 Å². The van der Waals surface area contributed by atoms with E-state index < -0.39 is 11.2 Å². The zero-order valence-corrected chi connectivity index (χ0v) is 17.9. The summed E-state index contributed by atoms with van der Waals surface area (Å²) in [7, 11) is 0. The molecule has 1 aliphatic carbocycles. The van der Waals surface area contributed by atoms with Gasteiger partial charge in [-0.3, -0.25) is 14.3 Å². The number of allylic oxidation sites excluding steroid dienone is 1. The van der Waals surface area contributed by atoms with Gasteiger partial charge in [-0.25, -0.2) is 4.79 Å². The first kappa shape index (κ1) is 22.1. The molecule has 2 aromatic rings. The molecule has 1 heterocycles. The van der Waals surface area contributed by atoms with Crippen LogP contribution in [0.15, 0.2) is 39.4 Å². The van der Waals surface area contributed by atoms with Gasteiger partial charge in [-0.15, -0.1) is 0 Å². The SMILES string of the molecule is Cc1cc(C)cc(Oc2c(C(C)C)c(=O)[nH]c(=O)n2CC2=CC(CO)C(CO)C2)c1. The highest BCUT2D eigenvalue weighted by Gasteiger charge is 2.28. The van der Waals surface area contributed by atoms with E-state index in [2.05, 4.69) is 4.98 Å². The van der Waals surface area contributed by atoms with Gasteiger partial charge in [0, 0.05) is 19.1 Å². The summed E-state index contributed by atoms with van der Waals surface area (Å²) in [5.41, 5.74) is 2.37. The number of aryl methyl sites for hydroxylation is 2. The van der Waals surface area contributed by atoms with Crippen LogP contribution in [0.5, 0.6) is 11.6 Å². The molecular formula is C23H30N2O5. The molecule has 0 amide bonds. The van der Waals surface area contributed by atoms with Crippen LogP contribution in [0.25, 0.3) is 0 Å². The van der Waals surface area contributed by atoms with E-state index in [9.17, 15) is 19.8 Å². The molecule has 30 heavy (non-hydrogen) atoms. The summed E-state index contributed by atoms with van der Waals surface area (Å²) < 4.78 is 7.60. The van der Waals surface area contributed by atoms with Crippen molar-refractivity contribution in [3.05, 3.63) is 67.4 Å². The molecule has 2 atom stereocenters. The van der Waals surface area contributed by atoms with Gasteiger partial charge in [-0.2, -0.15) is 0 Å². The van der Waals surface area contributed by atoms with E-state index in [4.69, 9.17) is 4.74 Å². The number of aromatic nitrogens is 2. The summed E-state index contributed by atoms with van der Waals surface area (Å²) in [5.74, 6) is 0.427. The van der Waals surface area contributed by atoms with E-state index in [0.29, 0.717) is 17.7 Å². The second-order valence-electron chi connectivity index (χ2n) is 8.46. The smallest absolute Gasteiger partial charge is 0.331 e. The van der Waals surface area contributed by atoms with Crippen LogP contribution in [0.4, 0.5) is 0 Å². The summed E-state index contributed by atoms with van der Waals surface area (Å²) in [6, 6.07) is 5.76. The number of hydrogen-bond acceptors (Lipinski definition) is 5. The standard InChI is InChI=1S/C23H30N2O5/c1-13(2)20-21(28)24-23(29)25(10-16-8-17(11-26)18(9-16)12-27)22(20)30-19-6-14(3)5-15(4)7-19/h5-8,13,17-18,26-27H,9-12H2,1-4H3,(H,24,28,29). The van der Waals surface area contributed by atoms with Gasteiger partial charge in [-0.1, -0.05) is 31.6 Å². The van der Waals surface area contributed by atoms with Crippen LogP contribution in [0, 0.1) is 25.7 Å². The number of nitrogens with zero attached hydrogens (tertiary/aromatic N) is 1. The number of hydrogen-bond donors (Lipinski definition) is 3. The number of aliphatic hydroxyl groups excluding tert-OH is 2. The molecule has 0 spiro atoms. The fourth-order valence-corrected chi connectivity index (χ4v) is 4.15. The quantitative estimate of drug-likeness (QED) is 0.604. The first-order valence-corrected chi connectivity index (χ1v) is 10.3. The minimum Gasteiger partial charge on any atom is -0.440 e. The lowest BCUT2D eigenvalue weighted by Gasteiger charge is -2.19. The van der Waals surface area contributed by atoms with Crippen molar-refractivity contribution >= 4 is 0 Å². The second-order valence-corrected chi connectivity index (χ2v) is 8.46. The number of aliphatic hydroxyl groups is 2. The summed E-state index contributed by atoms with van der Waals surface area (Å²) >= 11 is 0. The minimum absolute atomic E-state index is 0.0328. The third kappa shape index (κ3) is 4.57. The second kappa shape index (κ2) is 9.02. The van der Waals surface area contributed by atoms with Crippen LogP contribution in [-0.4, -0.2) is 33.0 Å². The maximum atomic E-state index is 12.8. The molecular weight excluding hydrogens is 384 g/mol. The fourth-order valence-electron chi connectivity index (χ4n) is 4.15. The Morgan fingerprint density at radius 2 is 1.80 bits per heavy atom. The Hall–Kier alpha value is -2.64. The maximum Gasteiger partial charge on any atom is 0.331 e. The van der Waals surface area contributed by atoms with Crippen molar-refractivity contribution in [2.75, 3.05) is 13.2 Å². The van der Waals surface area contributed by atoms with E-state index in [1.165, 1.54) is 4.57 Å². The van der Waals surface area contributed by atoms with Crippen LogP contribution < -0.4 is 16.0 Å². The molecule has 162 valence electrons. The normalized spacial score (nSPS) is 18.7. The van der Waals surface area contributed by atoms with Crippen molar-refractivity contribution in [2.24, 2.45) is 11.8 Å². The molecule has 0 aliphatic heterocycles. The van der Waals surface area contributed by atoms with Gasteiger partial charge in [0.15, 0.2) is 0 Å². The summed E-state index contributed by atoms with van der Waals surface area (Å²) in [4.78, 5) is 27.7. The number of aromatic amines is 1. The number of benzene rings is 1. The van der Waals surface area contributed by atoms with E-state index in [1.807, 2.05) is 52.0 Å². The van der Waals surface area contributed by atoms with Gasteiger partial charge in [0.2, 0.25) is 5.88 Å². The van der Waals surface area contributed by atoms with Crippen molar-refractivity contribution in [2.45, 2.75) is 46.6 Å². The fraction of sp³-hybridized carbons (Fsp3) is 0.478. The highest BCUT2D eigenvalue weighted by atomic mass is 16.5. The first-order valence-electron chi connectivity index (χ1n) is 10.3. The van der Waals surface area contributed by atoms with Crippen molar-refractivity contribution in [3.63, 3.8) is 0 Å². The maximum absolute atomic E-state index is 12.8. The molecule has 0 radical (unpaired) electrons. The Morgan fingerprint density at radius 3 is 2.33 bits per heavy atom. The molecule has 1 aromatic heterocycles. The molecule has 3 N–H and O–H groups in total. The van der Waals surface area contributed by atoms with Crippen molar-refractivity contribution < 1.29 is 14.9 Å². The predicted molar refractivity (Wildman–Crippen MR) is 115 cm³/mol. The molecule has 7 heteroatoms. The molecule has 1 aliphatic rings. The topological polar surface area (TPSA) is 105 Å². The lowest BCUT2D eigenvalue weighted by Crippen LogP contribution is -2.34. The van der Waals surface area contributed by atoms with E-state index in [1.54, 1.807) is 0 Å². The van der Waals surface area contributed by atoms with Crippen LogP contribution in [0.1, 0.15) is 42.9 Å².